The minimum absolute atomic E-state index is 0.0760. The van der Waals surface area contributed by atoms with E-state index in [2.05, 4.69) is 0 Å². The smallest absolute Gasteiger partial charge is 0.257 e. The topological polar surface area (TPSA) is 119 Å². The van der Waals surface area contributed by atoms with Crippen LogP contribution in [0.5, 0.6) is 0 Å². The zero-order chi connectivity index (χ0) is 40.6. The van der Waals surface area contributed by atoms with Crippen molar-refractivity contribution in [2.45, 2.75) is 102 Å². The van der Waals surface area contributed by atoms with E-state index in [0.717, 1.165) is 54.4 Å². The average molecular weight is 812 g/mol. The largest absolute Gasteiger partial charge is 0.350 e. The highest BCUT2D eigenvalue weighted by molar-refractivity contribution is 7.91. The zero-order valence-electron chi connectivity index (χ0n) is 33.7. The number of nitrogens with zero attached hydrogens (tertiary/aromatic N) is 4. The second-order valence-electron chi connectivity index (χ2n) is 15.0. The molecule has 0 atom stereocenters. The van der Waals surface area contributed by atoms with Crippen molar-refractivity contribution in [1.29, 1.82) is 0 Å². The van der Waals surface area contributed by atoms with Gasteiger partial charge >= 0.3 is 0 Å². The van der Waals surface area contributed by atoms with Gasteiger partial charge in [0.05, 0.1) is 22.6 Å². The van der Waals surface area contributed by atoms with Crippen molar-refractivity contribution in [3.8, 4) is 0 Å². The Bertz CT molecular complexity index is 2350. The summed E-state index contributed by atoms with van der Waals surface area (Å²) in [4.78, 5) is 30.2. The van der Waals surface area contributed by atoms with E-state index in [1.54, 1.807) is 54.3 Å². The van der Waals surface area contributed by atoms with Crippen LogP contribution in [0.3, 0.4) is 0 Å². The third-order valence-electron chi connectivity index (χ3n) is 11.6. The van der Waals surface area contributed by atoms with Gasteiger partial charge in [0.1, 0.15) is 9.79 Å². The fraction of sp³-hybridized carbons (Fsp3) is 0.476. The molecule has 298 valence electrons. The lowest BCUT2D eigenvalue weighted by Gasteiger charge is -2.17. The van der Waals surface area contributed by atoms with E-state index in [9.17, 15) is 26.4 Å². The summed E-state index contributed by atoms with van der Waals surface area (Å²) in [5, 5.41) is 0.500. The number of hydrogen-bond acceptors (Lipinski definition) is 6. The van der Waals surface area contributed by atoms with Crippen LogP contribution in [-0.4, -0.2) is 73.8 Å². The first-order valence-electron chi connectivity index (χ1n) is 19.0. The Labute approximate surface area is 332 Å². The number of amides is 2. The van der Waals surface area contributed by atoms with E-state index < -0.39 is 19.7 Å². The quantitative estimate of drug-likeness (QED) is 0.173. The number of likely N-dealkylation sites (tertiary alicyclic amines) is 2. The molecule has 6 rings (SSSR count). The van der Waals surface area contributed by atoms with E-state index in [1.165, 1.54) is 0 Å². The molecule has 2 aliphatic rings. The van der Waals surface area contributed by atoms with Gasteiger partial charge in [0.25, 0.3) is 11.8 Å². The van der Waals surface area contributed by atoms with Crippen molar-refractivity contribution in [3.63, 3.8) is 0 Å². The number of rotatable bonds is 9. The molecule has 0 aliphatic carbocycles. The van der Waals surface area contributed by atoms with E-state index in [1.807, 2.05) is 63.6 Å². The van der Waals surface area contributed by atoms with Crippen LogP contribution in [0.1, 0.15) is 104 Å². The number of aryl methyl sites for hydroxylation is 3. The highest BCUT2D eigenvalue weighted by Crippen LogP contribution is 2.34. The number of hydrogen-bond donors (Lipinski definition) is 0. The Morgan fingerprint density at radius 1 is 0.618 bits per heavy atom. The van der Waals surface area contributed by atoms with E-state index in [0.29, 0.717) is 70.7 Å². The van der Waals surface area contributed by atoms with E-state index in [-0.39, 0.29) is 33.1 Å². The normalized spacial score (nSPS) is 14.7. The molecule has 4 aromatic rings. The molecule has 0 bridgehead atoms. The first-order chi connectivity index (χ1) is 25.8. The van der Waals surface area contributed by atoms with Gasteiger partial charge in [0.15, 0.2) is 19.7 Å². The van der Waals surface area contributed by atoms with Gasteiger partial charge in [-0.25, -0.2) is 16.8 Å². The number of benzene rings is 2. The summed E-state index contributed by atoms with van der Waals surface area (Å²) in [6.45, 7) is 15.8. The molecule has 2 aliphatic heterocycles. The second-order valence-corrected chi connectivity index (χ2v) is 19.3. The van der Waals surface area contributed by atoms with Gasteiger partial charge in [0.2, 0.25) is 0 Å². The zero-order valence-corrected chi connectivity index (χ0v) is 36.1. The summed E-state index contributed by atoms with van der Waals surface area (Å²) < 4.78 is 57.5. The van der Waals surface area contributed by atoms with Crippen LogP contribution in [0.15, 0.2) is 46.2 Å². The lowest BCUT2D eigenvalue weighted by atomic mass is 10.0. The van der Waals surface area contributed by atoms with Gasteiger partial charge in [-0.3, -0.25) is 9.59 Å². The van der Waals surface area contributed by atoms with Gasteiger partial charge < -0.3 is 18.9 Å². The van der Waals surface area contributed by atoms with Crippen LogP contribution in [0.4, 0.5) is 0 Å². The molecule has 55 heavy (non-hydrogen) atoms. The first kappa shape index (κ1) is 42.3. The average Bonchev–Trinajstić information content (AvgIpc) is 3.95. The monoisotopic (exact) mass is 810 g/mol. The van der Waals surface area contributed by atoms with Crippen molar-refractivity contribution in [2.75, 3.05) is 26.2 Å². The molecule has 2 aromatic heterocycles. The van der Waals surface area contributed by atoms with E-state index in [4.69, 9.17) is 11.6 Å². The lowest BCUT2D eigenvalue weighted by molar-refractivity contribution is 0.0781. The van der Waals surface area contributed by atoms with Crippen molar-refractivity contribution >= 4 is 43.1 Å². The van der Waals surface area contributed by atoms with Gasteiger partial charge in [-0.2, -0.15) is 0 Å². The molecule has 4 heterocycles. The molecule has 0 N–H and O–H groups in total. The van der Waals surface area contributed by atoms with E-state index >= 15 is 0 Å². The fourth-order valence-corrected chi connectivity index (χ4v) is 12.2. The van der Waals surface area contributed by atoms with Crippen LogP contribution < -0.4 is 0 Å². The summed E-state index contributed by atoms with van der Waals surface area (Å²) in [7, 11) is -3.76. The molecule has 0 spiro atoms. The van der Waals surface area contributed by atoms with Gasteiger partial charge in [-0.05, 0) is 114 Å². The number of carbonyl (C=O) groups is 2. The number of carbonyl (C=O) groups excluding carboxylic acids is 2. The Kier molecular flexibility index (Phi) is 12.8. The van der Waals surface area contributed by atoms with Crippen LogP contribution in [0, 0.1) is 41.5 Å². The predicted molar refractivity (Wildman–Crippen MR) is 219 cm³/mol. The molecule has 10 nitrogen and oxygen atoms in total. The molecular weight excluding hydrogens is 756 g/mol. The van der Waals surface area contributed by atoms with Crippen molar-refractivity contribution in [2.24, 2.45) is 14.1 Å². The Morgan fingerprint density at radius 2 is 1.07 bits per heavy atom. The number of aromatic nitrogens is 2. The molecule has 13 heteroatoms. The lowest BCUT2D eigenvalue weighted by Crippen LogP contribution is -2.29. The van der Waals surface area contributed by atoms with Gasteiger partial charge in [-0.1, -0.05) is 42.8 Å². The second kappa shape index (κ2) is 16.7. The maximum Gasteiger partial charge on any atom is 0.257 e. The molecule has 2 amide bonds. The molecule has 2 fully saturated rings. The van der Waals surface area contributed by atoms with Crippen molar-refractivity contribution in [1.82, 2.24) is 18.9 Å². The fourth-order valence-electron chi connectivity index (χ4n) is 7.89. The summed E-state index contributed by atoms with van der Waals surface area (Å²) in [5.41, 5.74) is 7.68. The highest BCUT2D eigenvalue weighted by Gasteiger charge is 2.35. The third kappa shape index (κ3) is 8.46. The van der Waals surface area contributed by atoms with Crippen LogP contribution in [0.25, 0.3) is 0 Å². The number of sulfone groups is 2. The maximum atomic E-state index is 13.6. The summed E-state index contributed by atoms with van der Waals surface area (Å²) in [5.74, 6) is -0.593. The molecule has 0 unspecified atom stereocenters. The van der Waals surface area contributed by atoms with Crippen LogP contribution in [-0.2, 0) is 51.7 Å². The van der Waals surface area contributed by atoms with Gasteiger partial charge in [-0.15, -0.1) is 0 Å². The standard InChI is InChI=1S/C22H30N2O3S.C20H25ClN2O3S/c1-6-18-11-9-10-15(2)19(18)14-28(26,27)21-17(4)23(5)16(3)20(21)22(25)24-12-7-8-13-24;1-13-7-8-17(21)11-16(13)12-27(25,26)19-15(3)22(4)14(2)18(19)20(24)23-9-5-6-10-23/h9-11H,6-8,12-14H2,1-5H3;7-8,11H,5-6,9-10,12H2,1-4H3. The minimum atomic E-state index is -3.72. The Morgan fingerprint density at radius 3 is 1.53 bits per heavy atom. The molecular formula is C42H55ClN4O6S2. The number of halogens is 1. The van der Waals surface area contributed by atoms with Crippen LogP contribution >= 0.6 is 11.6 Å². The highest BCUT2D eigenvalue weighted by atomic mass is 35.5. The minimum Gasteiger partial charge on any atom is -0.350 e. The predicted octanol–water partition coefficient (Wildman–Crippen LogP) is 7.54. The first-order valence-corrected chi connectivity index (χ1v) is 22.7. The Balaban J connectivity index is 0.000000211. The van der Waals surface area contributed by atoms with Gasteiger partial charge in [0, 0.05) is 68.1 Å². The van der Waals surface area contributed by atoms with Crippen LogP contribution in [0.2, 0.25) is 5.02 Å². The summed E-state index contributed by atoms with van der Waals surface area (Å²) in [6, 6.07) is 11.1. The molecule has 2 aromatic carbocycles. The molecule has 2 saturated heterocycles. The van der Waals surface area contributed by atoms with Crippen molar-refractivity contribution in [3.05, 3.63) is 103 Å². The Hall–Kier alpha value is -3.87. The molecule has 0 saturated carbocycles. The SMILES string of the molecule is CCc1cccc(C)c1CS(=O)(=O)c1c(C(=O)N2CCCC2)c(C)n(C)c1C.Cc1ccc(Cl)cc1CS(=O)(=O)c1c(C(=O)N2CCCC2)c(C)n(C)c1C. The summed E-state index contributed by atoms with van der Waals surface area (Å²) in [6.07, 6.45) is 4.64. The summed E-state index contributed by atoms with van der Waals surface area (Å²) >= 11 is 6.06. The maximum absolute atomic E-state index is 13.6. The molecule has 0 radical (unpaired) electrons. The van der Waals surface area contributed by atoms with Crippen molar-refractivity contribution < 1.29 is 26.4 Å². The third-order valence-corrected chi connectivity index (χ3v) is 15.4.